The third-order valence-electron chi connectivity index (χ3n) is 4.01. The number of amides is 2. The molecule has 114 valence electrons. The van der Waals surface area contributed by atoms with Crippen molar-refractivity contribution in [2.45, 2.75) is 39.0 Å². The lowest BCUT2D eigenvalue weighted by molar-refractivity contribution is 0.0697. The number of urea groups is 1. The van der Waals surface area contributed by atoms with Gasteiger partial charge in [0.2, 0.25) is 0 Å². The van der Waals surface area contributed by atoms with E-state index in [4.69, 9.17) is 5.11 Å². The average Bonchev–Trinajstić information content (AvgIpc) is 2.48. The van der Waals surface area contributed by atoms with E-state index in [0.29, 0.717) is 18.2 Å². The molecule has 0 saturated heterocycles. The first-order valence-electron chi connectivity index (χ1n) is 7.45. The molecule has 5 nitrogen and oxygen atoms in total. The van der Waals surface area contributed by atoms with Crippen LogP contribution in [0.2, 0.25) is 0 Å². The highest BCUT2D eigenvalue weighted by Crippen LogP contribution is 2.23. The molecule has 0 aromatic heterocycles. The predicted molar refractivity (Wildman–Crippen MR) is 81.7 cm³/mol. The highest BCUT2D eigenvalue weighted by Gasteiger charge is 2.15. The molecule has 0 heterocycles. The molecule has 0 unspecified atom stereocenters. The van der Waals surface area contributed by atoms with Gasteiger partial charge in [-0.2, -0.15) is 0 Å². The number of nitrogens with one attached hydrogen (secondary N) is 2. The molecule has 0 radical (unpaired) electrons. The summed E-state index contributed by atoms with van der Waals surface area (Å²) < 4.78 is 0. The summed E-state index contributed by atoms with van der Waals surface area (Å²) in [5.74, 6) is -0.434. The third-order valence-corrected chi connectivity index (χ3v) is 4.01. The number of aryl methyl sites for hydroxylation is 1. The van der Waals surface area contributed by atoms with E-state index in [-0.39, 0.29) is 11.6 Å². The summed E-state index contributed by atoms with van der Waals surface area (Å²) in [6, 6.07) is 4.44. The standard InChI is InChI=1S/C16H22N2O3/c1-11-7-8-13(15(19)20)9-14(11)18-16(21)17-10-12-5-3-2-4-6-12/h7-9,12H,2-6,10H2,1H3,(H,19,20)(H2,17,18,21). The molecule has 5 heteroatoms. The van der Waals surface area contributed by atoms with Crippen LogP contribution in [0, 0.1) is 12.8 Å². The lowest BCUT2D eigenvalue weighted by Gasteiger charge is -2.22. The Kier molecular flexibility index (Phi) is 5.20. The van der Waals surface area contributed by atoms with Crippen LogP contribution in [0.4, 0.5) is 10.5 Å². The van der Waals surface area contributed by atoms with Crippen LogP contribution in [0.1, 0.15) is 48.0 Å². The Morgan fingerprint density at radius 3 is 2.62 bits per heavy atom. The molecule has 1 fully saturated rings. The lowest BCUT2D eigenvalue weighted by Crippen LogP contribution is -2.34. The van der Waals surface area contributed by atoms with Gasteiger partial charge >= 0.3 is 12.0 Å². The number of carboxylic acid groups (broad SMARTS) is 1. The van der Waals surface area contributed by atoms with E-state index in [2.05, 4.69) is 10.6 Å². The van der Waals surface area contributed by atoms with E-state index in [1.54, 1.807) is 6.07 Å². The molecule has 0 bridgehead atoms. The summed E-state index contributed by atoms with van der Waals surface area (Å²) in [5, 5.41) is 14.6. The highest BCUT2D eigenvalue weighted by molar-refractivity contribution is 5.93. The van der Waals surface area contributed by atoms with Crippen LogP contribution < -0.4 is 10.6 Å². The summed E-state index contributed by atoms with van der Waals surface area (Å²) in [6.07, 6.45) is 6.13. The molecular weight excluding hydrogens is 268 g/mol. The van der Waals surface area contributed by atoms with Crippen molar-refractivity contribution in [2.75, 3.05) is 11.9 Å². The molecule has 2 rings (SSSR count). The molecule has 0 spiro atoms. The van der Waals surface area contributed by atoms with E-state index >= 15 is 0 Å². The number of anilines is 1. The van der Waals surface area contributed by atoms with Crippen LogP contribution in [0.15, 0.2) is 18.2 Å². The molecule has 0 atom stereocenters. The minimum atomic E-state index is -0.999. The first-order chi connectivity index (χ1) is 10.1. The van der Waals surface area contributed by atoms with Crippen LogP contribution >= 0.6 is 0 Å². The van der Waals surface area contributed by atoms with Crippen molar-refractivity contribution in [2.24, 2.45) is 5.92 Å². The van der Waals surface area contributed by atoms with E-state index in [0.717, 1.165) is 5.56 Å². The Labute approximate surface area is 124 Å². The van der Waals surface area contributed by atoms with Crippen molar-refractivity contribution in [3.63, 3.8) is 0 Å². The van der Waals surface area contributed by atoms with E-state index in [1.165, 1.54) is 44.2 Å². The van der Waals surface area contributed by atoms with Crippen LogP contribution in [0.5, 0.6) is 0 Å². The molecule has 0 aliphatic heterocycles. The Bertz CT molecular complexity index is 522. The normalized spacial score (nSPS) is 15.5. The smallest absolute Gasteiger partial charge is 0.335 e. The number of carboxylic acids is 1. The molecule has 1 aliphatic rings. The van der Waals surface area contributed by atoms with Gasteiger partial charge in [-0.3, -0.25) is 0 Å². The van der Waals surface area contributed by atoms with Crippen LogP contribution in [-0.2, 0) is 0 Å². The first kappa shape index (κ1) is 15.4. The van der Waals surface area contributed by atoms with Crippen LogP contribution in [0.25, 0.3) is 0 Å². The van der Waals surface area contributed by atoms with Gasteiger partial charge in [0.1, 0.15) is 0 Å². The maximum Gasteiger partial charge on any atom is 0.335 e. The number of carbonyl (C=O) groups excluding carboxylic acids is 1. The zero-order valence-electron chi connectivity index (χ0n) is 12.3. The number of aromatic carboxylic acids is 1. The van der Waals surface area contributed by atoms with Gasteiger partial charge in [0.15, 0.2) is 0 Å². The van der Waals surface area contributed by atoms with Gasteiger partial charge in [0, 0.05) is 12.2 Å². The summed E-state index contributed by atoms with van der Waals surface area (Å²) in [7, 11) is 0. The monoisotopic (exact) mass is 290 g/mol. The van der Waals surface area contributed by atoms with Crippen LogP contribution in [0.3, 0.4) is 0 Å². The van der Waals surface area contributed by atoms with Crippen LogP contribution in [-0.4, -0.2) is 23.7 Å². The lowest BCUT2D eigenvalue weighted by atomic mass is 9.89. The van der Waals surface area contributed by atoms with Gasteiger partial charge in [-0.25, -0.2) is 9.59 Å². The summed E-state index contributed by atoms with van der Waals surface area (Å²) in [4.78, 5) is 22.9. The van der Waals surface area contributed by atoms with Crippen molar-refractivity contribution < 1.29 is 14.7 Å². The SMILES string of the molecule is Cc1ccc(C(=O)O)cc1NC(=O)NCC1CCCCC1. The van der Waals surface area contributed by atoms with Gasteiger partial charge in [-0.05, 0) is 43.4 Å². The summed E-state index contributed by atoms with van der Waals surface area (Å²) in [5.41, 5.74) is 1.55. The molecule has 1 aromatic carbocycles. The summed E-state index contributed by atoms with van der Waals surface area (Å²) in [6.45, 7) is 2.52. The number of benzene rings is 1. The Hall–Kier alpha value is -2.04. The number of hydrogen-bond acceptors (Lipinski definition) is 2. The molecule has 1 aromatic rings. The molecule has 2 amide bonds. The minimum Gasteiger partial charge on any atom is -0.478 e. The molecular formula is C16H22N2O3. The van der Waals surface area contributed by atoms with Gasteiger partial charge in [-0.1, -0.05) is 25.3 Å². The minimum absolute atomic E-state index is 0.170. The third kappa shape index (κ3) is 4.48. The van der Waals surface area contributed by atoms with Gasteiger partial charge < -0.3 is 15.7 Å². The Morgan fingerprint density at radius 2 is 1.95 bits per heavy atom. The Balaban J connectivity index is 1.89. The van der Waals surface area contributed by atoms with Crippen molar-refractivity contribution in [3.05, 3.63) is 29.3 Å². The topological polar surface area (TPSA) is 78.4 Å². The fourth-order valence-corrected chi connectivity index (χ4v) is 2.68. The van der Waals surface area contributed by atoms with E-state index in [1.807, 2.05) is 6.92 Å². The highest BCUT2D eigenvalue weighted by atomic mass is 16.4. The number of hydrogen-bond donors (Lipinski definition) is 3. The van der Waals surface area contributed by atoms with Crippen molar-refractivity contribution in [1.82, 2.24) is 5.32 Å². The fourth-order valence-electron chi connectivity index (χ4n) is 2.68. The molecule has 1 aliphatic carbocycles. The second-order valence-electron chi connectivity index (χ2n) is 5.67. The van der Waals surface area contributed by atoms with E-state index in [9.17, 15) is 9.59 Å². The first-order valence-corrected chi connectivity index (χ1v) is 7.45. The number of carbonyl (C=O) groups is 2. The van der Waals surface area contributed by atoms with Crippen molar-refractivity contribution >= 4 is 17.7 Å². The summed E-state index contributed by atoms with van der Waals surface area (Å²) >= 11 is 0. The molecule has 21 heavy (non-hydrogen) atoms. The zero-order chi connectivity index (χ0) is 15.2. The Morgan fingerprint density at radius 1 is 1.24 bits per heavy atom. The van der Waals surface area contributed by atoms with Gasteiger partial charge in [0.05, 0.1) is 5.56 Å². The largest absolute Gasteiger partial charge is 0.478 e. The second-order valence-corrected chi connectivity index (χ2v) is 5.67. The predicted octanol–water partition coefficient (Wildman–Crippen LogP) is 3.40. The maximum absolute atomic E-state index is 11.9. The van der Waals surface area contributed by atoms with Crippen molar-refractivity contribution in [3.8, 4) is 0 Å². The van der Waals surface area contributed by atoms with Gasteiger partial charge in [-0.15, -0.1) is 0 Å². The molecule has 3 N–H and O–H groups in total. The number of rotatable bonds is 4. The molecule has 1 saturated carbocycles. The quantitative estimate of drug-likeness (QED) is 0.795. The second kappa shape index (κ2) is 7.11. The average molecular weight is 290 g/mol. The van der Waals surface area contributed by atoms with Gasteiger partial charge in [0.25, 0.3) is 0 Å². The fraction of sp³-hybridized carbons (Fsp3) is 0.500. The van der Waals surface area contributed by atoms with Crippen molar-refractivity contribution in [1.29, 1.82) is 0 Å². The zero-order valence-corrected chi connectivity index (χ0v) is 12.3. The van der Waals surface area contributed by atoms with E-state index < -0.39 is 5.97 Å². The maximum atomic E-state index is 11.9.